The Hall–Kier alpha value is -3.65. The van der Waals surface area contributed by atoms with Crippen LogP contribution in [0.1, 0.15) is 21.7 Å². The largest absolute Gasteiger partial charge is 0.451 e. The van der Waals surface area contributed by atoms with Gasteiger partial charge in [-0.2, -0.15) is 0 Å². The molecule has 0 unspecified atom stereocenters. The number of hydrogen-bond donors (Lipinski definition) is 2. The van der Waals surface area contributed by atoms with Gasteiger partial charge in [-0.1, -0.05) is 41.4 Å². The second kappa shape index (κ2) is 9.78. The molecule has 0 aliphatic heterocycles. The van der Waals surface area contributed by atoms with Crippen molar-refractivity contribution in [2.45, 2.75) is 13.8 Å². The average molecular weight is 536 g/mol. The number of amides is 1. The van der Waals surface area contributed by atoms with Crippen molar-refractivity contribution in [3.8, 4) is 22.8 Å². The smallest absolute Gasteiger partial charge is 0.293 e. The van der Waals surface area contributed by atoms with E-state index in [9.17, 15) is 4.79 Å². The van der Waals surface area contributed by atoms with Gasteiger partial charge in [0.15, 0.2) is 16.5 Å². The summed E-state index contributed by atoms with van der Waals surface area (Å²) in [4.78, 5) is 17.3. The van der Waals surface area contributed by atoms with Crippen LogP contribution in [-0.4, -0.2) is 16.0 Å². The van der Waals surface area contributed by atoms with Crippen LogP contribution in [0.25, 0.3) is 33.9 Å². The summed E-state index contributed by atoms with van der Waals surface area (Å²) in [5.41, 5.74) is 5.62. The van der Waals surface area contributed by atoms with Gasteiger partial charge in [0.1, 0.15) is 11.3 Å². The van der Waals surface area contributed by atoms with Crippen LogP contribution in [0.5, 0.6) is 0 Å². The Kier molecular flexibility index (Phi) is 6.53. The molecule has 1 amide bonds. The number of aromatic nitrogens is 1. The molecule has 0 saturated carbocycles. The first-order valence-corrected chi connectivity index (χ1v) is 12.1. The first kappa shape index (κ1) is 24.1. The maximum atomic E-state index is 12.7. The molecule has 0 aliphatic carbocycles. The van der Waals surface area contributed by atoms with E-state index < -0.39 is 5.91 Å². The number of fused-ring (bicyclic) bond motifs is 1. The monoisotopic (exact) mass is 535 g/mol. The summed E-state index contributed by atoms with van der Waals surface area (Å²) >= 11 is 17.7. The van der Waals surface area contributed by atoms with Crippen LogP contribution < -0.4 is 10.6 Å². The third-order valence-electron chi connectivity index (χ3n) is 5.55. The highest BCUT2D eigenvalue weighted by molar-refractivity contribution is 7.80. The maximum absolute atomic E-state index is 12.7. The van der Waals surface area contributed by atoms with Crippen molar-refractivity contribution in [2.75, 3.05) is 5.32 Å². The number of hydrogen-bond acceptors (Lipinski definition) is 5. The molecule has 6 nitrogen and oxygen atoms in total. The number of aryl methyl sites for hydroxylation is 2. The molecular formula is C27H19Cl2N3O3S. The molecule has 0 atom stereocenters. The zero-order chi connectivity index (χ0) is 25.4. The first-order chi connectivity index (χ1) is 17.3. The molecule has 2 N–H and O–H groups in total. The van der Waals surface area contributed by atoms with Crippen molar-refractivity contribution < 1.29 is 13.6 Å². The van der Waals surface area contributed by atoms with E-state index in [0.717, 1.165) is 22.2 Å². The van der Waals surface area contributed by atoms with Crippen molar-refractivity contribution in [3.05, 3.63) is 93.7 Å². The van der Waals surface area contributed by atoms with Gasteiger partial charge in [-0.25, -0.2) is 4.98 Å². The molecule has 5 aromatic rings. The lowest BCUT2D eigenvalue weighted by molar-refractivity contribution is 0.0951. The molecule has 36 heavy (non-hydrogen) atoms. The number of thiocarbonyl (C=S) groups is 1. The van der Waals surface area contributed by atoms with Crippen LogP contribution in [0.3, 0.4) is 0 Å². The minimum atomic E-state index is -0.500. The molecule has 0 fully saturated rings. The second-order valence-electron chi connectivity index (χ2n) is 8.19. The van der Waals surface area contributed by atoms with Gasteiger partial charge in [-0.05, 0) is 85.7 Å². The fraction of sp³-hybridized carbons (Fsp3) is 0.0741. The zero-order valence-corrected chi connectivity index (χ0v) is 21.5. The SMILES string of the molecule is Cc1ccc2oc(-c3ccc(C)c(NC(=S)NC(=O)c4ccc(-c5cccc(Cl)c5Cl)o4)c3)nc2c1. The summed E-state index contributed by atoms with van der Waals surface area (Å²) < 4.78 is 11.6. The normalized spacial score (nSPS) is 11.0. The summed E-state index contributed by atoms with van der Waals surface area (Å²) in [6.45, 7) is 3.94. The lowest BCUT2D eigenvalue weighted by Crippen LogP contribution is -2.34. The van der Waals surface area contributed by atoms with Gasteiger partial charge in [0.05, 0.1) is 10.0 Å². The number of benzene rings is 3. The van der Waals surface area contributed by atoms with Gasteiger partial charge in [-0.15, -0.1) is 0 Å². The molecule has 0 spiro atoms. The van der Waals surface area contributed by atoms with Gasteiger partial charge in [0.25, 0.3) is 5.91 Å². The van der Waals surface area contributed by atoms with E-state index in [0.29, 0.717) is 38.5 Å². The number of anilines is 1. The van der Waals surface area contributed by atoms with Gasteiger partial charge in [-0.3, -0.25) is 10.1 Å². The highest BCUT2D eigenvalue weighted by Gasteiger charge is 2.17. The number of nitrogens with one attached hydrogen (secondary N) is 2. The van der Waals surface area contributed by atoms with E-state index >= 15 is 0 Å². The van der Waals surface area contributed by atoms with Crippen LogP contribution in [0.15, 0.2) is 75.6 Å². The van der Waals surface area contributed by atoms with E-state index in [1.165, 1.54) is 0 Å². The molecule has 0 aliphatic rings. The topological polar surface area (TPSA) is 80.3 Å². The number of furan rings is 1. The molecule has 2 heterocycles. The average Bonchev–Trinajstić information content (AvgIpc) is 3.49. The number of oxazole rings is 1. The van der Waals surface area contributed by atoms with E-state index in [1.54, 1.807) is 30.3 Å². The molecule has 5 rings (SSSR count). The van der Waals surface area contributed by atoms with Crippen LogP contribution in [0.4, 0.5) is 5.69 Å². The molecule has 0 radical (unpaired) electrons. The lowest BCUT2D eigenvalue weighted by atomic mass is 10.1. The van der Waals surface area contributed by atoms with Crippen molar-refractivity contribution in [1.82, 2.24) is 10.3 Å². The Morgan fingerprint density at radius 2 is 1.81 bits per heavy atom. The summed E-state index contributed by atoms with van der Waals surface area (Å²) in [5.74, 6) is 0.498. The number of carbonyl (C=O) groups is 1. The van der Waals surface area contributed by atoms with E-state index in [1.807, 2.05) is 50.2 Å². The fourth-order valence-electron chi connectivity index (χ4n) is 3.67. The molecule has 9 heteroatoms. The van der Waals surface area contributed by atoms with Crippen molar-refractivity contribution in [1.29, 1.82) is 0 Å². The van der Waals surface area contributed by atoms with Crippen LogP contribution in [0.2, 0.25) is 10.0 Å². The van der Waals surface area contributed by atoms with E-state index in [2.05, 4.69) is 15.6 Å². The molecule has 2 aromatic heterocycles. The standard InChI is InChI=1S/C27H19Cl2N3O3S/c1-14-6-9-22-20(12-14)30-26(35-22)16-8-7-15(2)19(13-16)31-27(36)32-25(33)23-11-10-21(34-23)17-4-3-5-18(28)24(17)29/h3-13H,1-2H3,(H2,31,32,33,36). The summed E-state index contributed by atoms with van der Waals surface area (Å²) in [6.07, 6.45) is 0. The Morgan fingerprint density at radius 1 is 0.972 bits per heavy atom. The Morgan fingerprint density at radius 3 is 2.64 bits per heavy atom. The third-order valence-corrected chi connectivity index (χ3v) is 6.57. The van der Waals surface area contributed by atoms with Crippen LogP contribution in [-0.2, 0) is 0 Å². The number of rotatable bonds is 4. The predicted molar refractivity (Wildman–Crippen MR) is 147 cm³/mol. The van der Waals surface area contributed by atoms with Crippen LogP contribution in [0, 0.1) is 13.8 Å². The Labute approximate surface area is 222 Å². The molecule has 0 saturated heterocycles. The minimum absolute atomic E-state index is 0.0810. The van der Waals surface area contributed by atoms with Crippen molar-refractivity contribution in [3.63, 3.8) is 0 Å². The van der Waals surface area contributed by atoms with Crippen molar-refractivity contribution >= 4 is 63.2 Å². The number of nitrogens with zero attached hydrogens (tertiary/aromatic N) is 1. The number of carbonyl (C=O) groups excluding carboxylic acids is 1. The summed E-state index contributed by atoms with van der Waals surface area (Å²) in [5, 5.41) is 6.57. The highest BCUT2D eigenvalue weighted by atomic mass is 35.5. The first-order valence-electron chi connectivity index (χ1n) is 10.9. The van der Waals surface area contributed by atoms with Gasteiger partial charge >= 0.3 is 0 Å². The van der Waals surface area contributed by atoms with Crippen LogP contribution >= 0.6 is 35.4 Å². The number of halogens is 2. The Balaban J connectivity index is 1.31. The summed E-state index contributed by atoms with van der Waals surface area (Å²) in [7, 11) is 0. The highest BCUT2D eigenvalue weighted by Crippen LogP contribution is 2.34. The van der Waals surface area contributed by atoms with E-state index in [4.69, 9.17) is 44.3 Å². The van der Waals surface area contributed by atoms with Crippen molar-refractivity contribution in [2.24, 2.45) is 0 Å². The fourth-order valence-corrected chi connectivity index (χ4v) is 4.26. The Bertz CT molecular complexity index is 1640. The molecule has 0 bridgehead atoms. The van der Waals surface area contributed by atoms with E-state index in [-0.39, 0.29) is 10.9 Å². The molecule has 3 aromatic carbocycles. The van der Waals surface area contributed by atoms with Gasteiger partial charge in [0, 0.05) is 16.8 Å². The van der Waals surface area contributed by atoms with Gasteiger partial charge < -0.3 is 14.2 Å². The molecular weight excluding hydrogens is 517 g/mol. The summed E-state index contributed by atoms with van der Waals surface area (Å²) in [6, 6.07) is 20.0. The zero-order valence-electron chi connectivity index (χ0n) is 19.2. The third kappa shape index (κ3) is 4.86. The minimum Gasteiger partial charge on any atom is -0.451 e. The quantitative estimate of drug-likeness (QED) is 0.228. The maximum Gasteiger partial charge on any atom is 0.293 e. The predicted octanol–water partition coefficient (Wildman–Crippen LogP) is 7.81. The lowest BCUT2D eigenvalue weighted by Gasteiger charge is -2.12. The molecule has 180 valence electrons. The van der Waals surface area contributed by atoms with Gasteiger partial charge in [0.2, 0.25) is 5.89 Å². The second-order valence-corrected chi connectivity index (χ2v) is 9.39.